The van der Waals surface area contributed by atoms with Crippen molar-refractivity contribution >= 4 is 22.8 Å². The molecule has 184 valence electrons. The Balaban J connectivity index is 1.50. The second-order valence-corrected chi connectivity index (χ2v) is 8.77. The molecular formula is C22H24F3N3O5S. The summed E-state index contributed by atoms with van der Waals surface area (Å²) >= 11 is 1.19. The molecule has 0 aliphatic carbocycles. The van der Waals surface area contributed by atoms with Crippen LogP contribution in [0.3, 0.4) is 0 Å². The summed E-state index contributed by atoms with van der Waals surface area (Å²) in [6.45, 7) is 0.0294. The van der Waals surface area contributed by atoms with Crippen molar-refractivity contribution in [3.05, 3.63) is 46.9 Å². The molecule has 1 saturated heterocycles. The number of hydrogen-bond acceptors (Lipinski definition) is 7. The first kappa shape index (κ1) is 24.6. The van der Waals surface area contributed by atoms with Crippen molar-refractivity contribution in [2.24, 2.45) is 0 Å². The smallest absolute Gasteiger partial charge is 0.422 e. The second kappa shape index (κ2) is 10.8. The summed E-state index contributed by atoms with van der Waals surface area (Å²) in [5, 5.41) is 10.7. The third-order valence-electron chi connectivity index (χ3n) is 5.14. The van der Waals surface area contributed by atoms with Crippen LogP contribution in [0.2, 0.25) is 0 Å². The molecule has 1 atom stereocenters. The lowest BCUT2D eigenvalue weighted by Gasteiger charge is -2.23. The first-order valence-corrected chi connectivity index (χ1v) is 11.7. The largest absolute Gasteiger partial charge is 0.484 e. The molecule has 0 spiro atoms. The zero-order valence-electron chi connectivity index (χ0n) is 18.1. The maximum atomic E-state index is 13.1. The number of hydrogen-bond donors (Lipinski definition) is 2. The van der Waals surface area contributed by atoms with E-state index in [-0.39, 0.29) is 29.8 Å². The Labute approximate surface area is 197 Å². The molecule has 2 aromatic heterocycles. The van der Waals surface area contributed by atoms with Gasteiger partial charge in [-0.2, -0.15) is 13.2 Å². The van der Waals surface area contributed by atoms with E-state index in [2.05, 4.69) is 9.97 Å². The minimum Gasteiger partial charge on any atom is -0.484 e. The first-order valence-electron chi connectivity index (χ1n) is 10.7. The Hall–Kier alpha value is -2.54. The fraction of sp³-hybridized carbons (Fsp3) is 0.455. The van der Waals surface area contributed by atoms with Crippen LogP contribution in [0, 0.1) is 0 Å². The molecule has 3 heterocycles. The molecule has 3 aromatic rings. The lowest BCUT2D eigenvalue weighted by atomic mass is 10.1. The number of aromatic amines is 1. The fourth-order valence-electron chi connectivity index (χ4n) is 3.47. The quantitative estimate of drug-likeness (QED) is 0.344. The lowest BCUT2D eigenvalue weighted by molar-refractivity contribution is -0.153. The van der Waals surface area contributed by atoms with Gasteiger partial charge in [-0.3, -0.25) is 9.36 Å². The number of nitrogens with zero attached hydrogens (tertiary/aromatic N) is 2. The molecule has 12 heteroatoms. The molecule has 2 N–H and O–H groups in total. The number of aliphatic hydroxyl groups is 1. The number of aliphatic hydroxyl groups excluding tert-OH is 1. The predicted molar refractivity (Wildman–Crippen MR) is 120 cm³/mol. The normalized spacial score (nSPS) is 16.1. The van der Waals surface area contributed by atoms with Crippen LogP contribution in [0.4, 0.5) is 13.2 Å². The predicted octanol–water partition coefficient (Wildman–Crippen LogP) is 3.30. The number of benzene rings is 1. The third-order valence-corrected chi connectivity index (χ3v) is 6.23. The zero-order valence-corrected chi connectivity index (χ0v) is 18.9. The number of rotatable bonds is 9. The van der Waals surface area contributed by atoms with Gasteiger partial charge in [0.1, 0.15) is 11.3 Å². The SMILES string of the molecule is O=c1c2[nH]ccc2nc(SCC(O)COC2CCOCC2)n1-c1ccc(OCC(F)(F)F)cc1. The molecule has 34 heavy (non-hydrogen) atoms. The average Bonchev–Trinajstić information content (AvgIpc) is 3.30. The Morgan fingerprint density at radius 3 is 2.68 bits per heavy atom. The molecule has 0 saturated carbocycles. The number of aromatic nitrogens is 3. The van der Waals surface area contributed by atoms with Gasteiger partial charge in [0, 0.05) is 25.2 Å². The Morgan fingerprint density at radius 2 is 1.97 bits per heavy atom. The summed E-state index contributed by atoms with van der Waals surface area (Å²) in [6, 6.07) is 7.36. The summed E-state index contributed by atoms with van der Waals surface area (Å²) in [6.07, 6.45) is -2.00. The Morgan fingerprint density at radius 1 is 1.24 bits per heavy atom. The van der Waals surface area contributed by atoms with Crippen molar-refractivity contribution in [2.45, 2.75) is 36.4 Å². The summed E-state index contributed by atoms with van der Waals surface area (Å²) in [4.78, 5) is 20.5. The molecule has 1 fully saturated rings. The molecule has 0 bridgehead atoms. The minimum absolute atomic E-state index is 0.0259. The van der Waals surface area contributed by atoms with Gasteiger partial charge < -0.3 is 24.3 Å². The fourth-order valence-corrected chi connectivity index (χ4v) is 4.39. The molecule has 8 nitrogen and oxygen atoms in total. The number of alkyl halides is 3. The standard InChI is InChI=1S/C22H24F3N3O5S/c23-22(24,25)13-33-16-3-1-14(2-4-16)28-20(30)19-18(5-8-26-19)27-21(28)34-12-15(29)11-32-17-6-9-31-10-7-17/h1-5,8,15,17,26,29H,6-7,9-13H2. The number of thioether (sulfide) groups is 1. The van der Waals surface area contributed by atoms with Gasteiger partial charge in [-0.25, -0.2) is 4.98 Å². The molecule has 4 rings (SSSR count). The van der Waals surface area contributed by atoms with E-state index in [0.717, 1.165) is 12.8 Å². The third kappa shape index (κ3) is 6.32. The molecule has 1 unspecified atom stereocenters. The highest BCUT2D eigenvalue weighted by Crippen LogP contribution is 2.24. The van der Waals surface area contributed by atoms with E-state index < -0.39 is 18.9 Å². The van der Waals surface area contributed by atoms with Crippen LogP contribution in [0.5, 0.6) is 5.75 Å². The minimum atomic E-state index is -4.45. The number of nitrogens with one attached hydrogen (secondary N) is 1. The van der Waals surface area contributed by atoms with Crippen LogP contribution in [0.25, 0.3) is 16.7 Å². The van der Waals surface area contributed by atoms with Gasteiger partial charge >= 0.3 is 6.18 Å². The van der Waals surface area contributed by atoms with Crippen LogP contribution < -0.4 is 10.3 Å². The van der Waals surface area contributed by atoms with E-state index in [1.807, 2.05) is 0 Å². The zero-order chi connectivity index (χ0) is 24.1. The van der Waals surface area contributed by atoms with Gasteiger partial charge in [-0.05, 0) is 43.2 Å². The van der Waals surface area contributed by atoms with Crippen LogP contribution in [0.1, 0.15) is 12.8 Å². The van der Waals surface area contributed by atoms with E-state index in [9.17, 15) is 23.1 Å². The molecule has 0 radical (unpaired) electrons. The Bertz CT molecular complexity index is 1140. The van der Waals surface area contributed by atoms with Crippen LogP contribution >= 0.6 is 11.8 Å². The van der Waals surface area contributed by atoms with Crippen molar-refractivity contribution in [1.82, 2.24) is 14.5 Å². The van der Waals surface area contributed by atoms with Crippen LogP contribution in [-0.4, -0.2) is 70.2 Å². The van der Waals surface area contributed by atoms with E-state index >= 15 is 0 Å². The number of halogens is 3. The summed E-state index contributed by atoms with van der Waals surface area (Å²) < 4.78 is 54.3. The maximum Gasteiger partial charge on any atom is 0.422 e. The molecule has 1 aliphatic rings. The molecule has 1 aromatic carbocycles. The van der Waals surface area contributed by atoms with Crippen molar-refractivity contribution in [3.63, 3.8) is 0 Å². The molecular weight excluding hydrogens is 475 g/mol. The van der Waals surface area contributed by atoms with Gasteiger partial charge in [0.2, 0.25) is 0 Å². The van der Waals surface area contributed by atoms with Gasteiger partial charge in [-0.15, -0.1) is 0 Å². The summed E-state index contributed by atoms with van der Waals surface area (Å²) in [7, 11) is 0. The number of fused-ring (bicyclic) bond motifs is 1. The van der Waals surface area contributed by atoms with Gasteiger partial charge in [0.05, 0.1) is 30.0 Å². The van der Waals surface area contributed by atoms with E-state index in [1.165, 1.54) is 40.6 Å². The van der Waals surface area contributed by atoms with E-state index in [1.54, 1.807) is 12.3 Å². The highest BCUT2D eigenvalue weighted by molar-refractivity contribution is 7.99. The van der Waals surface area contributed by atoms with Crippen LogP contribution in [0.15, 0.2) is 46.5 Å². The topological polar surface area (TPSA) is 98.6 Å². The monoisotopic (exact) mass is 499 g/mol. The highest BCUT2D eigenvalue weighted by atomic mass is 32.2. The second-order valence-electron chi connectivity index (χ2n) is 7.78. The van der Waals surface area contributed by atoms with Crippen LogP contribution in [-0.2, 0) is 9.47 Å². The van der Waals surface area contributed by atoms with Crippen molar-refractivity contribution in [2.75, 3.05) is 32.2 Å². The molecule has 0 amide bonds. The first-order chi connectivity index (χ1) is 16.3. The van der Waals surface area contributed by atoms with E-state index in [4.69, 9.17) is 14.2 Å². The van der Waals surface area contributed by atoms with Gasteiger partial charge in [0.15, 0.2) is 11.8 Å². The van der Waals surface area contributed by atoms with Crippen molar-refractivity contribution in [3.8, 4) is 11.4 Å². The van der Waals surface area contributed by atoms with Gasteiger partial charge in [-0.1, -0.05) is 11.8 Å². The van der Waals surface area contributed by atoms with E-state index in [0.29, 0.717) is 35.1 Å². The van der Waals surface area contributed by atoms with Gasteiger partial charge in [0.25, 0.3) is 5.56 Å². The van der Waals surface area contributed by atoms with Crippen molar-refractivity contribution < 1.29 is 32.5 Å². The summed E-state index contributed by atoms with van der Waals surface area (Å²) in [5.41, 5.74) is 0.810. The average molecular weight is 500 g/mol. The summed E-state index contributed by atoms with van der Waals surface area (Å²) in [5.74, 6) is 0.260. The molecule has 1 aliphatic heterocycles. The highest BCUT2D eigenvalue weighted by Gasteiger charge is 2.28. The maximum absolute atomic E-state index is 13.1. The van der Waals surface area contributed by atoms with Crippen molar-refractivity contribution in [1.29, 1.82) is 0 Å². The Kier molecular flexibility index (Phi) is 7.81. The number of H-pyrrole nitrogens is 1. The lowest BCUT2D eigenvalue weighted by Crippen LogP contribution is -2.28. The number of ether oxygens (including phenoxy) is 3.